The summed E-state index contributed by atoms with van der Waals surface area (Å²) in [5.74, 6) is 6.17. The van der Waals surface area contributed by atoms with Crippen molar-refractivity contribution >= 4 is 33.9 Å². The van der Waals surface area contributed by atoms with Gasteiger partial charge in [0.25, 0.3) is 0 Å². The molecular weight excluding hydrogens is 449 g/mol. The van der Waals surface area contributed by atoms with Gasteiger partial charge in [0.15, 0.2) is 0 Å². The van der Waals surface area contributed by atoms with Gasteiger partial charge < -0.3 is 20.1 Å². The van der Waals surface area contributed by atoms with Crippen LogP contribution in [0.3, 0.4) is 0 Å². The molecule has 1 aromatic heterocycles. The van der Waals surface area contributed by atoms with Crippen LogP contribution in [0.15, 0.2) is 48.7 Å². The summed E-state index contributed by atoms with van der Waals surface area (Å²) in [4.78, 5) is 2.28. The summed E-state index contributed by atoms with van der Waals surface area (Å²) in [6.07, 6.45) is -0.820. The smallest absolute Gasteiger partial charge is 0.382 e. The third-order valence-electron chi connectivity index (χ3n) is 5.77. The maximum atomic E-state index is 13.1. The highest BCUT2D eigenvalue weighted by atomic mass is 35.5. The number of likely N-dealkylation sites (tertiary alicyclic amines) is 1. The zero-order valence-corrected chi connectivity index (χ0v) is 19.1. The normalized spacial score (nSPS) is 15.3. The van der Waals surface area contributed by atoms with Gasteiger partial charge in [-0.1, -0.05) is 23.4 Å². The van der Waals surface area contributed by atoms with E-state index >= 15 is 0 Å². The maximum absolute atomic E-state index is 13.1. The number of anilines is 2. The van der Waals surface area contributed by atoms with Crippen molar-refractivity contribution in [3.05, 3.63) is 59.2 Å². The SMILES string of the molecule is CN1CCC(Nc2cc(C#CCNc3ccc(Cl)cc3)cc3c2ccn3CC(F)(F)F)CC1. The minimum absolute atomic E-state index is 0.283. The van der Waals surface area contributed by atoms with Crippen molar-refractivity contribution in [2.24, 2.45) is 0 Å². The molecule has 4 rings (SSSR count). The van der Waals surface area contributed by atoms with E-state index < -0.39 is 12.7 Å². The molecule has 2 heterocycles. The average Bonchev–Trinajstić information content (AvgIpc) is 3.15. The summed E-state index contributed by atoms with van der Waals surface area (Å²) >= 11 is 5.90. The molecule has 0 radical (unpaired) electrons. The van der Waals surface area contributed by atoms with E-state index in [-0.39, 0.29) is 6.04 Å². The lowest BCUT2D eigenvalue weighted by Gasteiger charge is -2.30. The Bertz CT molecular complexity index is 1150. The summed E-state index contributed by atoms with van der Waals surface area (Å²) in [5, 5.41) is 8.20. The number of hydrogen-bond donors (Lipinski definition) is 2. The molecule has 1 aliphatic heterocycles. The molecule has 0 unspecified atom stereocenters. The van der Waals surface area contributed by atoms with Gasteiger partial charge in [0.1, 0.15) is 6.54 Å². The van der Waals surface area contributed by atoms with Crippen LogP contribution in [0.2, 0.25) is 5.02 Å². The summed E-state index contributed by atoms with van der Waals surface area (Å²) in [5.41, 5.74) is 2.93. The summed E-state index contributed by atoms with van der Waals surface area (Å²) in [7, 11) is 2.10. The number of nitrogens with one attached hydrogen (secondary N) is 2. The van der Waals surface area contributed by atoms with Crippen molar-refractivity contribution < 1.29 is 13.2 Å². The number of piperidine rings is 1. The molecule has 0 aliphatic carbocycles. The molecule has 0 spiro atoms. The standard InChI is InChI=1S/C25H26ClF3N4/c1-32-12-8-21(9-13-32)31-23-15-18(3-2-11-30-20-6-4-19(26)5-7-20)16-24-22(23)10-14-33(24)17-25(27,28)29/h4-7,10,14-16,21,30-31H,8-9,11-13,17H2,1H3. The molecule has 1 fully saturated rings. The highest BCUT2D eigenvalue weighted by Gasteiger charge is 2.28. The number of benzene rings is 2. The van der Waals surface area contributed by atoms with Crippen LogP contribution >= 0.6 is 11.6 Å². The first-order chi connectivity index (χ1) is 15.8. The molecule has 4 nitrogen and oxygen atoms in total. The number of rotatable bonds is 5. The van der Waals surface area contributed by atoms with Gasteiger partial charge in [-0.25, -0.2) is 0 Å². The Labute approximate surface area is 196 Å². The molecule has 1 saturated heterocycles. The lowest BCUT2D eigenvalue weighted by atomic mass is 10.0. The van der Waals surface area contributed by atoms with Crippen molar-refractivity contribution in [1.82, 2.24) is 9.47 Å². The quantitative estimate of drug-likeness (QED) is 0.456. The number of halogens is 4. The predicted molar refractivity (Wildman–Crippen MR) is 129 cm³/mol. The van der Waals surface area contributed by atoms with Crippen LogP contribution in [-0.4, -0.2) is 48.4 Å². The molecule has 0 bridgehead atoms. The molecule has 0 amide bonds. The maximum Gasteiger partial charge on any atom is 0.406 e. The van der Waals surface area contributed by atoms with E-state index in [0.29, 0.717) is 22.6 Å². The lowest BCUT2D eigenvalue weighted by Crippen LogP contribution is -2.36. The second-order valence-electron chi connectivity index (χ2n) is 8.40. The zero-order chi connectivity index (χ0) is 23.4. The van der Waals surface area contributed by atoms with E-state index in [1.807, 2.05) is 18.2 Å². The zero-order valence-electron chi connectivity index (χ0n) is 18.3. The predicted octanol–water partition coefficient (Wildman–Crippen LogP) is 5.83. The number of nitrogens with zero attached hydrogens (tertiary/aromatic N) is 2. The first-order valence-electron chi connectivity index (χ1n) is 10.9. The number of fused-ring (bicyclic) bond motifs is 1. The van der Waals surface area contributed by atoms with Gasteiger partial charge in [0.05, 0.1) is 12.1 Å². The molecule has 2 aromatic carbocycles. The van der Waals surface area contributed by atoms with Crippen molar-refractivity contribution in [2.45, 2.75) is 31.6 Å². The molecule has 3 aromatic rings. The number of aromatic nitrogens is 1. The first kappa shape index (κ1) is 23.3. The van der Waals surface area contributed by atoms with Crippen LogP contribution < -0.4 is 10.6 Å². The second kappa shape index (κ2) is 9.98. The Balaban J connectivity index is 1.58. The van der Waals surface area contributed by atoms with Gasteiger partial charge in [-0.05, 0) is 75.4 Å². The minimum atomic E-state index is -4.29. The molecule has 8 heteroatoms. The van der Waals surface area contributed by atoms with E-state index in [2.05, 4.69) is 34.4 Å². The Kier molecular flexibility index (Phi) is 7.06. The van der Waals surface area contributed by atoms with Crippen molar-refractivity contribution in [1.29, 1.82) is 0 Å². The average molecular weight is 475 g/mol. The van der Waals surface area contributed by atoms with E-state index in [4.69, 9.17) is 11.6 Å². The fraction of sp³-hybridized carbons (Fsp3) is 0.360. The van der Waals surface area contributed by atoms with E-state index in [9.17, 15) is 13.2 Å². The second-order valence-corrected chi connectivity index (χ2v) is 8.84. The van der Waals surface area contributed by atoms with Crippen LogP contribution in [0.1, 0.15) is 18.4 Å². The van der Waals surface area contributed by atoms with E-state index in [1.165, 1.54) is 10.8 Å². The molecule has 1 aliphatic rings. The van der Waals surface area contributed by atoms with Crippen LogP contribution in [0, 0.1) is 11.8 Å². The van der Waals surface area contributed by atoms with Crippen LogP contribution in [0.25, 0.3) is 10.9 Å². The van der Waals surface area contributed by atoms with Gasteiger partial charge in [-0.2, -0.15) is 13.2 Å². The third-order valence-corrected chi connectivity index (χ3v) is 6.03. The summed E-state index contributed by atoms with van der Waals surface area (Å²) in [6.45, 7) is 1.36. The van der Waals surface area contributed by atoms with Crippen molar-refractivity contribution in [3.63, 3.8) is 0 Å². The molecular formula is C25H26ClF3N4. The third kappa shape index (κ3) is 6.37. The number of alkyl halides is 3. The molecule has 33 heavy (non-hydrogen) atoms. The molecule has 174 valence electrons. The van der Waals surface area contributed by atoms with Crippen LogP contribution in [0.4, 0.5) is 24.5 Å². The first-order valence-corrected chi connectivity index (χ1v) is 11.3. The van der Waals surface area contributed by atoms with Crippen LogP contribution in [-0.2, 0) is 6.54 Å². The lowest BCUT2D eigenvalue weighted by molar-refractivity contribution is -0.139. The molecule has 2 N–H and O–H groups in total. The Morgan fingerprint density at radius 2 is 1.82 bits per heavy atom. The monoisotopic (exact) mass is 474 g/mol. The highest BCUT2D eigenvalue weighted by Crippen LogP contribution is 2.30. The minimum Gasteiger partial charge on any atom is -0.382 e. The topological polar surface area (TPSA) is 32.2 Å². The number of hydrogen-bond acceptors (Lipinski definition) is 3. The van der Waals surface area contributed by atoms with Gasteiger partial charge in [0, 0.05) is 39.6 Å². The molecule has 0 saturated carbocycles. The van der Waals surface area contributed by atoms with Crippen molar-refractivity contribution in [2.75, 3.05) is 37.3 Å². The largest absolute Gasteiger partial charge is 0.406 e. The molecule has 0 atom stereocenters. The summed E-state index contributed by atoms with van der Waals surface area (Å²) in [6, 6.07) is 13.0. The Morgan fingerprint density at radius 1 is 1.09 bits per heavy atom. The Hall–Kier alpha value is -2.82. The van der Waals surface area contributed by atoms with Gasteiger partial charge in [-0.15, -0.1) is 0 Å². The van der Waals surface area contributed by atoms with Gasteiger partial charge in [0.2, 0.25) is 0 Å². The summed E-state index contributed by atoms with van der Waals surface area (Å²) < 4.78 is 40.6. The highest BCUT2D eigenvalue weighted by molar-refractivity contribution is 6.30. The van der Waals surface area contributed by atoms with E-state index in [1.54, 1.807) is 24.3 Å². The van der Waals surface area contributed by atoms with Gasteiger partial charge >= 0.3 is 6.18 Å². The Morgan fingerprint density at radius 3 is 2.52 bits per heavy atom. The van der Waals surface area contributed by atoms with Crippen LogP contribution in [0.5, 0.6) is 0 Å². The fourth-order valence-electron chi connectivity index (χ4n) is 4.05. The van der Waals surface area contributed by atoms with Gasteiger partial charge in [-0.3, -0.25) is 0 Å². The van der Waals surface area contributed by atoms with E-state index in [0.717, 1.165) is 42.7 Å². The fourth-order valence-corrected chi connectivity index (χ4v) is 4.18. The van der Waals surface area contributed by atoms with Crippen molar-refractivity contribution in [3.8, 4) is 11.8 Å².